The van der Waals surface area contributed by atoms with E-state index in [9.17, 15) is 4.79 Å². The van der Waals surface area contributed by atoms with Crippen molar-refractivity contribution in [3.05, 3.63) is 34.9 Å². The van der Waals surface area contributed by atoms with E-state index in [1.807, 2.05) is 12.1 Å². The number of ether oxygens (including phenoxy) is 1. The van der Waals surface area contributed by atoms with Gasteiger partial charge < -0.3 is 4.74 Å². The topological polar surface area (TPSA) is 26.3 Å². The molecule has 0 spiro atoms. The van der Waals surface area contributed by atoms with Gasteiger partial charge in [0.15, 0.2) is 0 Å². The Morgan fingerprint density at radius 3 is 2.57 bits per heavy atom. The number of esters is 1. The SMILES string of the molecule is COC(=O)c1ccc2c(c1)[C@@H](Br)[C@@H]2Br. The molecule has 0 bridgehead atoms. The Balaban J connectivity index is 2.37. The van der Waals surface area contributed by atoms with E-state index in [1.54, 1.807) is 6.07 Å². The third-order valence-electron chi connectivity index (χ3n) is 2.36. The smallest absolute Gasteiger partial charge is 0.337 e. The van der Waals surface area contributed by atoms with E-state index in [-0.39, 0.29) is 5.97 Å². The molecule has 74 valence electrons. The van der Waals surface area contributed by atoms with Crippen molar-refractivity contribution in [3.8, 4) is 0 Å². The standard InChI is InChI=1S/C10H8Br2O2/c1-14-10(13)5-2-3-6-7(4-5)9(12)8(6)11/h2-4,8-9H,1H3/t8-,9-/m1/s1. The summed E-state index contributed by atoms with van der Waals surface area (Å²) in [6.07, 6.45) is 0. The van der Waals surface area contributed by atoms with Gasteiger partial charge in [-0.25, -0.2) is 4.79 Å². The predicted octanol–water partition coefficient (Wildman–Crippen LogP) is 3.36. The molecular formula is C10H8Br2O2. The molecule has 0 amide bonds. The fourth-order valence-corrected chi connectivity index (χ4v) is 2.91. The van der Waals surface area contributed by atoms with Gasteiger partial charge in [-0.3, -0.25) is 0 Å². The largest absolute Gasteiger partial charge is 0.465 e. The molecule has 14 heavy (non-hydrogen) atoms. The quantitative estimate of drug-likeness (QED) is 0.586. The van der Waals surface area contributed by atoms with E-state index >= 15 is 0 Å². The molecule has 2 atom stereocenters. The van der Waals surface area contributed by atoms with Crippen LogP contribution in [0, 0.1) is 0 Å². The van der Waals surface area contributed by atoms with Crippen LogP contribution in [0.25, 0.3) is 0 Å². The Labute approximate surface area is 98.9 Å². The molecule has 2 rings (SSSR count). The van der Waals surface area contributed by atoms with Crippen molar-refractivity contribution in [2.45, 2.75) is 9.65 Å². The molecule has 4 heteroatoms. The molecular weight excluding hydrogens is 312 g/mol. The molecule has 1 aromatic carbocycles. The summed E-state index contributed by atoms with van der Waals surface area (Å²) in [7, 11) is 1.39. The van der Waals surface area contributed by atoms with Gasteiger partial charge in [-0.15, -0.1) is 0 Å². The van der Waals surface area contributed by atoms with Crippen LogP contribution in [0.3, 0.4) is 0 Å². The van der Waals surface area contributed by atoms with E-state index in [1.165, 1.54) is 12.7 Å². The maximum Gasteiger partial charge on any atom is 0.337 e. The Morgan fingerprint density at radius 1 is 1.29 bits per heavy atom. The Morgan fingerprint density at radius 2 is 1.93 bits per heavy atom. The lowest BCUT2D eigenvalue weighted by Gasteiger charge is -2.31. The third kappa shape index (κ3) is 1.41. The molecule has 0 saturated heterocycles. The summed E-state index contributed by atoms with van der Waals surface area (Å²) in [5.41, 5.74) is 3.00. The highest BCUT2D eigenvalue weighted by Gasteiger charge is 2.34. The van der Waals surface area contributed by atoms with Crippen LogP contribution in [-0.4, -0.2) is 13.1 Å². The van der Waals surface area contributed by atoms with Crippen molar-refractivity contribution < 1.29 is 9.53 Å². The second kappa shape index (κ2) is 3.66. The average molecular weight is 320 g/mol. The number of benzene rings is 1. The van der Waals surface area contributed by atoms with E-state index < -0.39 is 0 Å². The molecule has 0 fully saturated rings. The first-order chi connectivity index (χ1) is 6.65. The molecule has 0 heterocycles. The number of carbonyl (C=O) groups is 1. The number of hydrogen-bond donors (Lipinski definition) is 0. The van der Waals surface area contributed by atoms with Crippen molar-refractivity contribution in [2.75, 3.05) is 7.11 Å². The summed E-state index contributed by atoms with van der Waals surface area (Å²) in [4.78, 5) is 11.9. The van der Waals surface area contributed by atoms with Gasteiger partial charge in [-0.1, -0.05) is 37.9 Å². The molecule has 0 radical (unpaired) electrons. The maximum absolute atomic E-state index is 11.2. The lowest BCUT2D eigenvalue weighted by Crippen LogP contribution is -2.16. The summed E-state index contributed by atoms with van der Waals surface area (Å²) in [6, 6.07) is 5.62. The van der Waals surface area contributed by atoms with Gasteiger partial charge in [-0.05, 0) is 23.3 Å². The summed E-state index contributed by atoms with van der Waals surface area (Å²) in [5.74, 6) is -0.287. The van der Waals surface area contributed by atoms with Crippen LogP contribution in [0.1, 0.15) is 31.1 Å². The first-order valence-corrected chi connectivity index (χ1v) is 5.98. The molecule has 1 aliphatic carbocycles. The summed E-state index contributed by atoms with van der Waals surface area (Å²) < 4.78 is 4.65. The minimum absolute atomic E-state index is 0.287. The monoisotopic (exact) mass is 318 g/mol. The first kappa shape index (κ1) is 10.2. The fraction of sp³-hybridized carbons (Fsp3) is 0.300. The second-order valence-corrected chi connectivity index (χ2v) is 5.11. The minimum atomic E-state index is -0.287. The molecule has 0 unspecified atom stereocenters. The van der Waals surface area contributed by atoms with Gasteiger partial charge in [-0.2, -0.15) is 0 Å². The second-order valence-electron chi connectivity index (χ2n) is 3.14. The van der Waals surface area contributed by atoms with Crippen molar-refractivity contribution in [1.82, 2.24) is 0 Å². The van der Waals surface area contributed by atoms with Crippen molar-refractivity contribution >= 4 is 37.8 Å². The number of carbonyl (C=O) groups excluding carboxylic acids is 1. The Hall–Kier alpha value is -0.350. The van der Waals surface area contributed by atoms with Gasteiger partial charge in [0.25, 0.3) is 0 Å². The van der Waals surface area contributed by atoms with Crippen LogP contribution >= 0.6 is 31.9 Å². The zero-order valence-corrected chi connectivity index (χ0v) is 10.6. The predicted molar refractivity (Wildman–Crippen MR) is 61.1 cm³/mol. The fourth-order valence-electron chi connectivity index (χ4n) is 1.53. The van der Waals surface area contributed by atoms with Gasteiger partial charge in [0.05, 0.1) is 22.3 Å². The molecule has 1 aromatic rings. The van der Waals surface area contributed by atoms with Gasteiger partial charge in [0.2, 0.25) is 0 Å². The average Bonchev–Trinajstić information content (AvgIpc) is 2.26. The molecule has 0 aliphatic heterocycles. The van der Waals surface area contributed by atoms with Crippen LogP contribution in [0.4, 0.5) is 0 Å². The number of alkyl halides is 2. The number of halogens is 2. The number of hydrogen-bond acceptors (Lipinski definition) is 2. The minimum Gasteiger partial charge on any atom is -0.465 e. The number of fused-ring (bicyclic) bond motifs is 1. The van der Waals surface area contributed by atoms with E-state index in [0.717, 1.165) is 5.56 Å². The van der Waals surface area contributed by atoms with E-state index in [4.69, 9.17) is 0 Å². The van der Waals surface area contributed by atoms with Crippen molar-refractivity contribution in [1.29, 1.82) is 0 Å². The number of methoxy groups -OCH3 is 1. The summed E-state index contributed by atoms with van der Waals surface area (Å²) in [6.45, 7) is 0. The van der Waals surface area contributed by atoms with Gasteiger partial charge >= 0.3 is 5.97 Å². The molecule has 0 saturated carbocycles. The zero-order valence-electron chi connectivity index (χ0n) is 7.46. The lowest BCUT2D eigenvalue weighted by molar-refractivity contribution is 0.0600. The Bertz CT molecular complexity index is 390. The van der Waals surface area contributed by atoms with Crippen LogP contribution in [0.2, 0.25) is 0 Å². The van der Waals surface area contributed by atoms with Crippen LogP contribution in [0.5, 0.6) is 0 Å². The maximum atomic E-state index is 11.2. The third-order valence-corrected chi connectivity index (χ3v) is 5.11. The van der Waals surface area contributed by atoms with E-state index in [0.29, 0.717) is 15.2 Å². The zero-order chi connectivity index (χ0) is 10.3. The van der Waals surface area contributed by atoms with Gasteiger partial charge in [0.1, 0.15) is 0 Å². The Kier molecular flexibility index (Phi) is 2.66. The molecule has 1 aliphatic rings. The lowest BCUT2D eigenvalue weighted by atomic mass is 9.87. The summed E-state index contributed by atoms with van der Waals surface area (Å²) in [5, 5.41) is 0. The highest BCUT2D eigenvalue weighted by atomic mass is 79.9. The molecule has 2 nitrogen and oxygen atoms in total. The highest BCUT2D eigenvalue weighted by molar-refractivity contribution is 9.12. The van der Waals surface area contributed by atoms with Gasteiger partial charge in [0, 0.05) is 0 Å². The molecule has 0 N–H and O–H groups in total. The van der Waals surface area contributed by atoms with Crippen molar-refractivity contribution in [3.63, 3.8) is 0 Å². The van der Waals surface area contributed by atoms with Crippen LogP contribution < -0.4 is 0 Å². The van der Waals surface area contributed by atoms with Crippen LogP contribution in [-0.2, 0) is 4.74 Å². The van der Waals surface area contributed by atoms with Crippen molar-refractivity contribution in [2.24, 2.45) is 0 Å². The van der Waals surface area contributed by atoms with Crippen LogP contribution in [0.15, 0.2) is 18.2 Å². The molecule has 0 aromatic heterocycles. The normalized spacial score (nSPS) is 23.6. The highest BCUT2D eigenvalue weighted by Crippen LogP contribution is 2.54. The van der Waals surface area contributed by atoms with E-state index in [2.05, 4.69) is 36.6 Å². The summed E-state index contributed by atoms with van der Waals surface area (Å²) >= 11 is 7.07. The number of rotatable bonds is 1. The first-order valence-electron chi connectivity index (χ1n) is 4.15.